The van der Waals surface area contributed by atoms with Crippen molar-refractivity contribution in [3.05, 3.63) is 17.5 Å². The zero-order valence-corrected chi connectivity index (χ0v) is 10.9. The summed E-state index contributed by atoms with van der Waals surface area (Å²) in [6.45, 7) is 5.85. The third-order valence-electron chi connectivity index (χ3n) is 3.18. The lowest BCUT2D eigenvalue weighted by molar-refractivity contribution is 0.0690. The maximum atomic E-state index is 11.1. The van der Waals surface area contributed by atoms with Gasteiger partial charge in [0.25, 0.3) is 0 Å². The second kappa shape index (κ2) is 5.33. The average molecular weight is 249 g/mol. The molecule has 2 rings (SSSR count). The SMILES string of the molecule is CC(C)c1cc(C(=O)O)nc(N2CCCCC2)n1. The average Bonchev–Trinajstić information content (AvgIpc) is 2.39. The molecule has 1 N–H and O–H groups in total. The molecule has 1 aromatic rings. The van der Waals surface area contributed by atoms with Crippen molar-refractivity contribution in [2.24, 2.45) is 0 Å². The fourth-order valence-electron chi connectivity index (χ4n) is 2.09. The van der Waals surface area contributed by atoms with Crippen LogP contribution in [0.3, 0.4) is 0 Å². The van der Waals surface area contributed by atoms with Gasteiger partial charge in [-0.25, -0.2) is 14.8 Å². The van der Waals surface area contributed by atoms with Gasteiger partial charge in [-0.05, 0) is 31.2 Å². The summed E-state index contributed by atoms with van der Waals surface area (Å²) in [5.74, 6) is -0.217. The second-order valence-corrected chi connectivity index (χ2v) is 4.99. The van der Waals surface area contributed by atoms with E-state index in [1.165, 1.54) is 6.42 Å². The highest BCUT2D eigenvalue weighted by molar-refractivity contribution is 5.85. The largest absolute Gasteiger partial charge is 0.477 e. The Morgan fingerprint density at radius 3 is 2.50 bits per heavy atom. The highest BCUT2D eigenvalue weighted by Crippen LogP contribution is 2.20. The van der Waals surface area contributed by atoms with Gasteiger partial charge >= 0.3 is 5.97 Å². The predicted octanol–water partition coefficient (Wildman–Crippen LogP) is 2.29. The summed E-state index contributed by atoms with van der Waals surface area (Å²) >= 11 is 0. The van der Waals surface area contributed by atoms with Crippen molar-refractivity contribution in [3.63, 3.8) is 0 Å². The quantitative estimate of drug-likeness (QED) is 0.890. The Balaban J connectivity index is 2.35. The van der Waals surface area contributed by atoms with E-state index in [9.17, 15) is 4.79 Å². The molecular weight excluding hydrogens is 230 g/mol. The van der Waals surface area contributed by atoms with Crippen LogP contribution in [0.4, 0.5) is 5.95 Å². The zero-order chi connectivity index (χ0) is 13.1. The molecule has 0 atom stereocenters. The zero-order valence-electron chi connectivity index (χ0n) is 10.9. The van der Waals surface area contributed by atoms with E-state index in [1.807, 2.05) is 13.8 Å². The number of carboxylic acids is 1. The minimum Gasteiger partial charge on any atom is -0.477 e. The molecule has 0 amide bonds. The maximum absolute atomic E-state index is 11.1. The van der Waals surface area contributed by atoms with Crippen molar-refractivity contribution in [2.45, 2.75) is 39.0 Å². The summed E-state index contributed by atoms with van der Waals surface area (Å²) in [6.07, 6.45) is 3.47. The van der Waals surface area contributed by atoms with Crippen LogP contribution in [0.1, 0.15) is 55.2 Å². The first-order valence-corrected chi connectivity index (χ1v) is 6.45. The molecule has 0 unspecified atom stereocenters. The fourth-order valence-corrected chi connectivity index (χ4v) is 2.09. The Bertz CT molecular complexity index is 440. The molecule has 1 aliphatic rings. The lowest BCUT2D eigenvalue weighted by Gasteiger charge is -2.27. The maximum Gasteiger partial charge on any atom is 0.354 e. The molecule has 1 aromatic heterocycles. The number of aromatic nitrogens is 2. The van der Waals surface area contributed by atoms with Crippen molar-refractivity contribution in [1.82, 2.24) is 9.97 Å². The van der Waals surface area contributed by atoms with Gasteiger partial charge in [-0.2, -0.15) is 0 Å². The molecule has 0 saturated carbocycles. The van der Waals surface area contributed by atoms with Crippen LogP contribution in [0.15, 0.2) is 6.07 Å². The van der Waals surface area contributed by atoms with Crippen LogP contribution in [0, 0.1) is 0 Å². The Morgan fingerprint density at radius 1 is 1.28 bits per heavy atom. The first-order chi connectivity index (χ1) is 8.58. The first-order valence-electron chi connectivity index (χ1n) is 6.45. The van der Waals surface area contributed by atoms with Crippen LogP contribution in [-0.2, 0) is 0 Å². The normalized spacial score (nSPS) is 16.1. The molecule has 0 spiro atoms. The minimum absolute atomic E-state index is 0.0919. The Kier molecular flexibility index (Phi) is 3.79. The molecule has 18 heavy (non-hydrogen) atoms. The lowest BCUT2D eigenvalue weighted by Crippen LogP contribution is -2.31. The van der Waals surface area contributed by atoms with E-state index in [0.29, 0.717) is 5.95 Å². The second-order valence-electron chi connectivity index (χ2n) is 4.99. The topological polar surface area (TPSA) is 66.3 Å². The Labute approximate surface area is 107 Å². The standard InChI is InChI=1S/C13H19N3O2/c1-9(2)10-8-11(12(17)18)15-13(14-10)16-6-4-3-5-7-16/h8-9H,3-7H2,1-2H3,(H,17,18). The Hall–Kier alpha value is -1.65. The van der Waals surface area contributed by atoms with E-state index >= 15 is 0 Å². The molecule has 1 aliphatic heterocycles. The van der Waals surface area contributed by atoms with Gasteiger partial charge in [0.05, 0.1) is 0 Å². The van der Waals surface area contributed by atoms with Gasteiger partial charge in [0.2, 0.25) is 5.95 Å². The monoisotopic (exact) mass is 249 g/mol. The summed E-state index contributed by atoms with van der Waals surface area (Å²) in [5.41, 5.74) is 0.886. The number of rotatable bonds is 3. The van der Waals surface area contributed by atoms with E-state index in [0.717, 1.165) is 31.6 Å². The molecule has 0 bridgehead atoms. The smallest absolute Gasteiger partial charge is 0.354 e. The van der Waals surface area contributed by atoms with Crippen LogP contribution in [0.2, 0.25) is 0 Å². The van der Waals surface area contributed by atoms with Gasteiger partial charge in [0, 0.05) is 18.8 Å². The highest BCUT2D eigenvalue weighted by atomic mass is 16.4. The summed E-state index contributed by atoms with van der Waals surface area (Å²) in [5, 5.41) is 9.11. The molecule has 98 valence electrons. The van der Waals surface area contributed by atoms with Crippen molar-refractivity contribution in [2.75, 3.05) is 18.0 Å². The van der Waals surface area contributed by atoms with Crippen molar-refractivity contribution in [3.8, 4) is 0 Å². The molecule has 1 saturated heterocycles. The predicted molar refractivity (Wildman–Crippen MR) is 69.1 cm³/mol. The number of hydrogen-bond donors (Lipinski definition) is 1. The van der Waals surface area contributed by atoms with Crippen LogP contribution < -0.4 is 4.90 Å². The number of piperidine rings is 1. The molecule has 0 aliphatic carbocycles. The van der Waals surface area contributed by atoms with Crippen molar-refractivity contribution in [1.29, 1.82) is 0 Å². The van der Waals surface area contributed by atoms with Gasteiger partial charge in [-0.15, -0.1) is 0 Å². The fraction of sp³-hybridized carbons (Fsp3) is 0.615. The molecule has 0 aromatic carbocycles. The molecule has 2 heterocycles. The van der Waals surface area contributed by atoms with Crippen molar-refractivity contribution < 1.29 is 9.90 Å². The third-order valence-corrected chi connectivity index (χ3v) is 3.18. The Morgan fingerprint density at radius 2 is 1.94 bits per heavy atom. The molecule has 5 heteroatoms. The van der Waals surface area contributed by atoms with Gasteiger partial charge in [0.1, 0.15) is 0 Å². The molecule has 1 fully saturated rings. The van der Waals surface area contributed by atoms with Gasteiger partial charge < -0.3 is 10.0 Å². The molecule has 5 nitrogen and oxygen atoms in total. The lowest BCUT2D eigenvalue weighted by atomic mass is 10.1. The molecular formula is C13H19N3O2. The van der Waals surface area contributed by atoms with Gasteiger partial charge in [0.15, 0.2) is 5.69 Å². The summed E-state index contributed by atoms with van der Waals surface area (Å²) in [7, 11) is 0. The molecule has 0 radical (unpaired) electrons. The number of carboxylic acid groups (broad SMARTS) is 1. The highest BCUT2D eigenvalue weighted by Gasteiger charge is 2.18. The summed E-state index contributed by atoms with van der Waals surface area (Å²) in [6, 6.07) is 1.57. The van der Waals surface area contributed by atoms with Crippen LogP contribution in [0.5, 0.6) is 0 Å². The van der Waals surface area contributed by atoms with E-state index in [2.05, 4.69) is 14.9 Å². The number of aromatic carboxylic acids is 1. The van der Waals surface area contributed by atoms with E-state index in [1.54, 1.807) is 6.07 Å². The third kappa shape index (κ3) is 2.78. The van der Waals surface area contributed by atoms with Gasteiger partial charge in [-0.3, -0.25) is 0 Å². The first kappa shape index (κ1) is 12.8. The van der Waals surface area contributed by atoms with E-state index in [-0.39, 0.29) is 11.6 Å². The van der Waals surface area contributed by atoms with Crippen LogP contribution in [-0.4, -0.2) is 34.1 Å². The number of nitrogens with zero attached hydrogens (tertiary/aromatic N) is 3. The summed E-state index contributed by atoms with van der Waals surface area (Å²) < 4.78 is 0. The number of hydrogen-bond acceptors (Lipinski definition) is 4. The summed E-state index contributed by atoms with van der Waals surface area (Å²) in [4.78, 5) is 21.8. The van der Waals surface area contributed by atoms with Gasteiger partial charge in [-0.1, -0.05) is 13.8 Å². The van der Waals surface area contributed by atoms with Crippen LogP contribution in [0.25, 0.3) is 0 Å². The minimum atomic E-state index is -0.988. The number of anilines is 1. The number of carbonyl (C=O) groups is 1. The van der Waals surface area contributed by atoms with E-state index in [4.69, 9.17) is 5.11 Å². The van der Waals surface area contributed by atoms with Crippen LogP contribution >= 0.6 is 0 Å². The van der Waals surface area contributed by atoms with Crippen molar-refractivity contribution >= 4 is 11.9 Å². The van der Waals surface area contributed by atoms with E-state index < -0.39 is 5.97 Å².